The maximum atomic E-state index is 13.2. The molecule has 1 saturated heterocycles. The number of rotatable bonds is 5. The summed E-state index contributed by atoms with van der Waals surface area (Å²) in [6.45, 7) is 0.929. The van der Waals surface area contributed by atoms with Gasteiger partial charge in [-0.05, 0) is 31.0 Å². The normalized spacial score (nSPS) is 17.0. The fourth-order valence-electron chi connectivity index (χ4n) is 3.98. The molecule has 1 aliphatic heterocycles. The summed E-state index contributed by atoms with van der Waals surface area (Å²) < 4.78 is 36.9. The first-order valence-corrected chi connectivity index (χ1v) is 11.6. The van der Waals surface area contributed by atoms with Gasteiger partial charge in [-0.15, -0.1) is 0 Å². The van der Waals surface area contributed by atoms with Gasteiger partial charge in [0.25, 0.3) is 11.7 Å². The van der Waals surface area contributed by atoms with E-state index in [1.54, 1.807) is 23.1 Å². The van der Waals surface area contributed by atoms with E-state index in [1.165, 1.54) is 31.3 Å². The molecule has 10 nitrogen and oxygen atoms in total. The summed E-state index contributed by atoms with van der Waals surface area (Å²) in [5, 5.41) is 4.18. The Morgan fingerprint density at radius 1 is 1.16 bits per heavy atom. The zero-order valence-electron chi connectivity index (χ0n) is 17.5. The number of ether oxygens (including phenoxy) is 2. The Balaban J connectivity index is 1.69. The average Bonchev–Trinajstić information content (AvgIpc) is 3.25. The summed E-state index contributed by atoms with van der Waals surface area (Å²) >= 11 is 0. The van der Waals surface area contributed by atoms with Gasteiger partial charge in [-0.25, -0.2) is 13.4 Å². The molecule has 31 heavy (non-hydrogen) atoms. The molecule has 0 aliphatic carbocycles. The molecule has 3 heterocycles. The minimum atomic E-state index is -3.54. The summed E-state index contributed by atoms with van der Waals surface area (Å²) in [5.41, 5.74) is 0.983. The highest BCUT2D eigenvalue weighted by Crippen LogP contribution is 2.33. The molecule has 11 heteroatoms. The van der Waals surface area contributed by atoms with Gasteiger partial charge in [-0.3, -0.25) is 4.79 Å². The molecule has 1 atom stereocenters. The van der Waals surface area contributed by atoms with Crippen LogP contribution in [0.3, 0.4) is 0 Å². The predicted molar refractivity (Wildman–Crippen MR) is 111 cm³/mol. The lowest BCUT2D eigenvalue weighted by Gasteiger charge is -2.33. The Morgan fingerprint density at radius 2 is 1.94 bits per heavy atom. The first kappa shape index (κ1) is 21.0. The molecule has 4 rings (SSSR count). The van der Waals surface area contributed by atoms with E-state index in [9.17, 15) is 13.2 Å². The van der Waals surface area contributed by atoms with Crippen LogP contribution in [0.4, 0.5) is 0 Å². The molecule has 1 amide bonds. The van der Waals surface area contributed by atoms with Crippen molar-refractivity contribution < 1.29 is 22.7 Å². The van der Waals surface area contributed by atoms with Crippen molar-refractivity contribution in [3.05, 3.63) is 42.0 Å². The second kappa shape index (κ2) is 8.14. The van der Waals surface area contributed by atoms with Crippen LogP contribution in [0.2, 0.25) is 0 Å². The Labute approximate surface area is 179 Å². The Morgan fingerprint density at radius 3 is 2.65 bits per heavy atom. The molecule has 1 fully saturated rings. The highest BCUT2D eigenvalue weighted by molar-refractivity contribution is 7.90. The van der Waals surface area contributed by atoms with Crippen molar-refractivity contribution in [3.8, 4) is 11.5 Å². The van der Waals surface area contributed by atoms with Crippen molar-refractivity contribution in [2.45, 2.75) is 23.7 Å². The van der Waals surface area contributed by atoms with E-state index in [4.69, 9.17) is 9.47 Å². The molecule has 0 unspecified atom stereocenters. The van der Waals surface area contributed by atoms with Crippen LogP contribution in [0, 0.1) is 0 Å². The van der Waals surface area contributed by atoms with Crippen LogP contribution in [-0.4, -0.2) is 72.4 Å². The zero-order valence-corrected chi connectivity index (χ0v) is 18.3. The number of nitrogens with zero attached hydrogens (tertiary/aromatic N) is 5. The molecule has 1 aromatic carbocycles. The SMILES string of the molecule is COc1ccc(C(=O)N2CCC[C@@H](c3c(S(C)(=O)=O)cnc4ncnn34)C2)cc1OC. The summed E-state index contributed by atoms with van der Waals surface area (Å²) in [6, 6.07) is 5.03. The largest absolute Gasteiger partial charge is 0.493 e. The van der Waals surface area contributed by atoms with E-state index in [-0.39, 0.29) is 16.7 Å². The summed E-state index contributed by atoms with van der Waals surface area (Å²) in [6.07, 6.45) is 5.26. The lowest BCUT2D eigenvalue weighted by molar-refractivity contribution is 0.0704. The number of methoxy groups -OCH3 is 2. The van der Waals surface area contributed by atoms with Crippen LogP contribution >= 0.6 is 0 Å². The van der Waals surface area contributed by atoms with Crippen molar-refractivity contribution in [2.75, 3.05) is 33.6 Å². The molecule has 0 saturated carbocycles. The molecule has 0 radical (unpaired) electrons. The first-order chi connectivity index (χ1) is 14.8. The van der Waals surface area contributed by atoms with Crippen LogP contribution in [0.1, 0.15) is 34.8 Å². The Kier molecular flexibility index (Phi) is 5.52. The van der Waals surface area contributed by atoms with Crippen molar-refractivity contribution in [2.24, 2.45) is 0 Å². The number of carbonyl (C=O) groups is 1. The number of likely N-dealkylation sites (tertiary alicyclic amines) is 1. The molecule has 2 aromatic heterocycles. The van der Waals surface area contributed by atoms with Gasteiger partial charge in [-0.1, -0.05) is 0 Å². The average molecular weight is 446 g/mol. The predicted octanol–water partition coefficient (Wildman–Crippen LogP) is 1.56. The van der Waals surface area contributed by atoms with Gasteiger partial charge in [0.05, 0.1) is 26.1 Å². The van der Waals surface area contributed by atoms with Crippen molar-refractivity contribution in [3.63, 3.8) is 0 Å². The fourth-order valence-corrected chi connectivity index (χ4v) is 4.85. The number of aromatic nitrogens is 4. The van der Waals surface area contributed by atoms with Gasteiger partial charge in [0.1, 0.15) is 11.2 Å². The van der Waals surface area contributed by atoms with E-state index < -0.39 is 9.84 Å². The van der Waals surface area contributed by atoms with E-state index in [1.807, 2.05) is 0 Å². The molecule has 0 bridgehead atoms. The van der Waals surface area contributed by atoms with Gasteiger partial charge in [0.2, 0.25) is 0 Å². The highest BCUT2D eigenvalue weighted by Gasteiger charge is 2.31. The number of amides is 1. The third kappa shape index (κ3) is 3.92. The quantitative estimate of drug-likeness (QED) is 0.581. The number of carbonyl (C=O) groups excluding carboxylic acids is 1. The Hall–Kier alpha value is -3.21. The summed E-state index contributed by atoms with van der Waals surface area (Å²) in [4.78, 5) is 23.2. The molecule has 0 spiro atoms. The second-order valence-electron chi connectivity index (χ2n) is 7.41. The van der Waals surface area contributed by atoms with Crippen LogP contribution in [-0.2, 0) is 9.84 Å². The summed E-state index contributed by atoms with van der Waals surface area (Å²) in [7, 11) is -0.492. The van der Waals surface area contributed by atoms with Gasteiger partial charge >= 0.3 is 0 Å². The van der Waals surface area contributed by atoms with Crippen LogP contribution in [0.15, 0.2) is 35.6 Å². The minimum Gasteiger partial charge on any atom is -0.493 e. The number of hydrogen-bond acceptors (Lipinski definition) is 8. The van der Waals surface area contributed by atoms with Gasteiger partial charge in [0.15, 0.2) is 21.3 Å². The standard InChI is InChI=1S/C20H23N5O5S/c1-29-15-7-6-13(9-16(15)30-2)19(26)24-8-4-5-14(11-24)18-17(31(3,27)28)10-21-20-22-12-23-25(18)20/h6-7,9-10,12,14H,4-5,8,11H2,1-3H3/t14-/m1/s1. The van der Waals surface area contributed by atoms with Crippen LogP contribution in [0.5, 0.6) is 11.5 Å². The van der Waals surface area contributed by atoms with Crippen LogP contribution < -0.4 is 9.47 Å². The molecule has 0 N–H and O–H groups in total. The monoisotopic (exact) mass is 445 g/mol. The third-order valence-electron chi connectivity index (χ3n) is 5.43. The Bertz CT molecular complexity index is 1240. The fraction of sp³-hybridized carbons (Fsp3) is 0.400. The molecule has 3 aromatic rings. The lowest BCUT2D eigenvalue weighted by Crippen LogP contribution is -2.40. The maximum Gasteiger partial charge on any atom is 0.254 e. The first-order valence-electron chi connectivity index (χ1n) is 9.73. The number of fused-ring (bicyclic) bond motifs is 1. The lowest BCUT2D eigenvalue weighted by atomic mass is 9.94. The number of benzene rings is 1. The molecular formula is C20H23N5O5S. The smallest absolute Gasteiger partial charge is 0.254 e. The number of piperidine rings is 1. The topological polar surface area (TPSA) is 116 Å². The zero-order chi connectivity index (χ0) is 22.2. The second-order valence-corrected chi connectivity index (χ2v) is 9.40. The summed E-state index contributed by atoms with van der Waals surface area (Å²) in [5.74, 6) is 0.953. The van der Waals surface area contributed by atoms with E-state index in [0.717, 1.165) is 19.1 Å². The number of hydrogen-bond donors (Lipinski definition) is 0. The van der Waals surface area contributed by atoms with Gasteiger partial charge < -0.3 is 14.4 Å². The molecule has 164 valence electrons. The van der Waals surface area contributed by atoms with Crippen LogP contribution in [0.25, 0.3) is 5.78 Å². The van der Waals surface area contributed by atoms with Gasteiger partial charge in [-0.2, -0.15) is 14.6 Å². The molecular weight excluding hydrogens is 422 g/mol. The minimum absolute atomic E-state index is 0.107. The number of sulfone groups is 1. The highest BCUT2D eigenvalue weighted by atomic mass is 32.2. The van der Waals surface area contributed by atoms with Crippen molar-refractivity contribution in [1.29, 1.82) is 0 Å². The van der Waals surface area contributed by atoms with Crippen molar-refractivity contribution in [1.82, 2.24) is 24.5 Å². The van der Waals surface area contributed by atoms with E-state index >= 15 is 0 Å². The van der Waals surface area contributed by atoms with E-state index in [2.05, 4.69) is 15.1 Å². The maximum absolute atomic E-state index is 13.2. The third-order valence-corrected chi connectivity index (χ3v) is 6.55. The van der Waals surface area contributed by atoms with Gasteiger partial charge in [0, 0.05) is 30.8 Å². The molecule has 1 aliphatic rings. The van der Waals surface area contributed by atoms with Crippen molar-refractivity contribution >= 4 is 21.5 Å². The van der Waals surface area contributed by atoms with E-state index in [0.29, 0.717) is 41.6 Å².